The number of halogens is 2. The number of rotatable bonds is 5. The van der Waals surface area contributed by atoms with Gasteiger partial charge < -0.3 is 9.30 Å². The van der Waals surface area contributed by atoms with Crippen molar-refractivity contribution in [3.63, 3.8) is 0 Å². The van der Waals surface area contributed by atoms with Gasteiger partial charge in [-0.1, -0.05) is 32.9 Å². The maximum atomic E-state index is 14.1. The van der Waals surface area contributed by atoms with E-state index < -0.39 is 21.7 Å². The largest absolute Gasteiger partial charge is 0.379 e. The summed E-state index contributed by atoms with van der Waals surface area (Å²) in [5.74, 6) is -2.07. The molecule has 10 heteroatoms. The molecule has 1 aliphatic rings. The second-order valence-electron chi connectivity index (χ2n) is 8.77. The molecule has 1 aliphatic heterocycles. The van der Waals surface area contributed by atoms with Gasteiger partial charge in [0.15, 0.2) is 17.5 Å². The molecule has 1 N–H and O–H groups in total. The van der Waals surface area contributed by atoms with Crippen LogP contribution in [0.1, 0.15) is 38.8 Å². The Morgan fingerprint density at radius 1 is 1.12 bits per heavy atom. The molecule has 0 bridgehead atoms. The Labute approximate surface area is 185 Å². The van der Waals surface area contributed by atoms with Gasteiger partial charge in [0, 0.05) is 18.2 Å². The molecule has 7 nitrogen and oxygen atoms in total. The van der Waals surface area contributed by atoms with Gasteiger partial charge in [-0.2, -0.15) is 0 Å². The highest BCUT2D eigenvalue weighted by Crippen LogP contribution is 2.34. The van der Waals surface area contributed by atoms with E-state index in [4.69, 9.17) is 4.74 Å². The number of aromatic nitrogens is 3. The molecule has 1 aromatic heterocycles. The van der Waals surface area contributed by atoms with E-state index in [1.165, 1.54) is 18.5 Å². The van der Waals surface area contributed by atoms with Gasteiger partial charge in [-0.15, -0.1) is 10.2 Å². The Balaban J connectivity index is 1.73. The second-order valence-corrected chi connectivity index (χ2v) is 10.5. The molecule has 1 atom stereocenters. The average molecular weight is 463 g/mol. The molecule has 0 radical (unpaired) electrons. The van der Waals surface area contributed by atoms with Gasteiger partial charge in [0.25, 0.3) is 10.0 Å². The molecule has 2 aromatic carbocycles. The van der Waals surface area contributed by atoms with Gasteiger partial charge in [-0.25, -0.2) is 17.2 Å². The third-order valence-electron chi connectivity index (χ3n) is 5.45. The summed E-state index contributed by atoms with van der Waals surface area (Å²) in [6.45, 7) is 7.05. The molecule has 0 saturated carbocycles. The fourth-order valence-corrected chi connectivity index (χ4v) is 4.67. The van der Waals surface area contributed by atoms with Crippen molar-refractivity contribution in [1.29, 1.82) is 0 Å². The van der Waals surface area contributed by atoms with Crippen molar-refractivity contribution < 1.29 is 21.9 Å². The molecule has 170 valence electrons. The lowest BCUT2D eigenvalue weighted by Crippen LogP contribution is -2.16. The first-order valence-corrected chi connectivity index (χ1v) is 11.6. The van der Waals surface area contributed by atoms with E-state index in [0.29, 0.717) is 19.6 Å². The van der Waals surface area contributed by atoms with Gasteiger partial charge >= 0.3 is 0 Å². The Bertz CT molecular complexity index is 1230. The summed E-state index contributed by atoms with van der Waals surface area (Å²) in [5, 5.41) is 7.92. The smallest absolute Gasteiger partial charge is 0.261 e. The van der Waals surface area contributed by atoms with Crippen molar-refractivity contribution >= 4 is 15.7 Å². The van der Waals surface area contributed by atoms with E-state index in [0.717, 1.165) is 17.7 Å². The normalized spacial score (nSPS) is 17.0. The van der Waals surface area contributed by atoms with Crippen LogP contribution in [-0.4, -0.2) is 36.4 Å². The van der Waals surface area contributed by atoms with Crippen LogP contribution >= 0.6 is 0 Å². The summed E-state index contributed by atoms with van der Waals surface area (Å²) >= 11 is 0. The number of ether oxygens (including phenoxy) is 1. The van der Waals surface area contributed by atoms with E-state index >= 15 is 0 Å². The molecule has 1 fully saturated rings. The lowest BCUT2D eigenvalue weighted by Gasteiger charge is -2.19. The van der Waals surface area contributed by atoms with Gasteiger partial charge in [-0.05, 0) is 35.6 Å². The lowest BCUT2D eigenvalue weighted by atomic mass is 9.87. The molecular weight excluding hydrogens is 438 g/mol. The fraction of sp³-hybridized carbons (Fsp3) is 0.364. The monoisotopic (exact) mass is 462 g/mol. The molecule has 1 saturated heterocycles. The molecule has 0 spiro atoms. The Morgan fingerprint density at radius 3 is 2.44 bits per heavy atom. The highest BCUT2D eigenvalue weighted by Gasteiger charge is 2.26. The molecule has 4 rings (SSSR count). The van der Waals surface area contributed by atoms with E-state index in [1.807, 2.05) is 20.8 Å². The Morgan fingerprint density at radius 2 is 1.81 bits per heavy atom. The first-order chi connectivity index (χ1) is 15.1. The van der Waals surface area contributed by atoms with Crippen LogP contribution in [0.15, 0.2) is 47.6 Å². The standard InChI is InChI=1S/C22H24F2N4O3S/c1-22(2,3)14-4-6-16(7-5-14)32(29,30)27-20-11-19(24)18(23)10-17(20)21-26-25-13-28(21)15-8-9-31-12-15/h4-7,10-11,13,15,27H,8-9,12H2,1-3H3. The molecule has 32 heavy (non-hydrogen) atoms. The number of anilines is 1. The zero-order chi connectivity index (χ0) is 23.1. The lowest BCUT2D eigenvalue weighted by molar-refractivity contribution is 0.187. The zero-order valence-corrected chi connectivity index (χ0v) is 18.8. The predicted octanol–water partition coefficient (Wildman–Crippen LogP) is 4.28. The molecular formula is C22H24F2N4O3S. The quantitative estimate of drug-likeness (QED) is 0.612. The van der Waals surface area contributed by atoms with Crippen LogP contribution in [0.2, 0.25) is 0 Å². The van der Waals surface area contributed by atoms with E-state index in [1.54, 1.807) is 16.7 Å². The van der Waals surface area contributed by atoms with Crippen molar-refractivity contribution in [2.45, 2.75) is 43.5 Å². The fourth-order valence-electron chi connectivity index (χ4n) is 3.60. The van der Waals surface area contributed by atoms with Gasteiger partial charge in [-0.3, -0.25) is 4.72 Å². The maximum Gasteiger partial charge on any atom is 0.261 e. The van der Waals surface area contributed by atoms with E-state index in [2.05, 4.69) is 14.9 Å². The molecule has 1 unspecified atom stereocenters. The van der Waals surface area contributed by atoms with Gasteiger partial charge in [0.2, 0.25) is 0 Å². The summed E-state index contributed by atoms with van der Waals surface area (Å²) in [4.78, 5) is 0.00634. The van der Waals surface area contributed by atoms with Gasteiger partial charge in [0.1, 0.15) is 6.33 Å². The molecule has 0 amide bonds. The Kier molecular flexibility index (Phi) is 5.76. The van der Waals surface area contributed by atoms with Crippen LogP contribution in [-0.2, 0) is 20.2 Å². The van der Waals surface area contributed by atoms with Crippen molar-refractivity contribution in [2.24, 2.45) is 0 Å². The molecule has 2 heterocycles. The average Bonchev–Trinajstić information content (AvgIpc) is 3.41. The number of nitrogens with zero attached hydrogens (tertiary/aromatic N) is 3. The zero-order valence-electron chi connectivity index (χ0n) is 18.0. The summed E-state index contributed by atoms with van der Waals surface area (Å²) in [7, 11) is -4.07. The van der Waals surface area contributed by atoms with Crippen LogP contribution in [0.3, 0.4) is 0 Å². The minimum absolute atomic E-state index is 0.00634. The minimum atomic E-state index is -4.07. The number of benzene rings is 2. The first-order valence-electron chi connectivity index (χ1n) is 10.2. The van der Waals surface area contributed by atoms with Crippen LogP contribution in [0.25, 0.3) is 11.4 Å². The first kappa shape index (κ1) is 22.3. The second kappa shape index (κ2) is 8.25. The predicted molar refractivity (Wildman–Crippen MR) is 116 cm³/mol. The minimum Gasteiger partial charge on any atom is -0.379 e. The van der Waals surface area contributed by atoms with Crippen molar-refractivity contribution in [3.05, 3.63) is 59.9 Å². The topological polar surface area (TPSA) is 86.1 Å². The van der Waals surface area contributed by atoms with Crippen LogP contribution in [0, 0.1) is 11.6 Å². The van der Waals surface area contributed by atoms with Crippen LogP contribution in [0.4, 0.5) is 14.5 Å². The summed E-state index contributed by atoms with van der Waals surface area (Å²) < 4.78 is 63.8. The van der Waals surface area contributed by atoms with Crippen LogP contribution < -0.4 is 4.72 Å². The number of hydrogen-bond acceptors (Lipinski definition) is 5. The highest BCUT2D eigenvalue weighted by atomic mass is 32.2. The maximum absolute atomic E-state index is 14.1. The highest BCUT2D eigenvalue weighted by molar-refractivity contribution is 7.92. The number of hydrogen-bond donors (Lipinski definition) is 1. The number of sulfonamides is 1. The summed E-state index contributed by atoms with van der Waals surface area (Å²) in [6.07, 6.45) is 2.18. The van der Waals surface area contributed by atoms with Crippen molar-refractivity contribution in [2.75, 3.05) is 17.9 Å². The SMILES string of the molecule is CC(C)(C)c1ccc(S(=O)(=O)Nc2cc(F)c(F)cc2-c2nncn2C2CCOC2)cc1. The summed E-state index contributed by atoms with van der Waals surface area (Å²) in [5.41, 5.74) is 0.786. The molecule has 0 aliphatic carbocycles. The number of nitrogens with one attached hydrogen (secondary N) is 1. The van der Waals surface area contributed by atoms with Crippen molar-refractivity contribution in [3.8, 4) is 11.4 Å². The summed E-state index contributed by atoms with van der Waals surface area (Å²) in [6, 6.07) is 8.10. The van der Waals surface area contributed by atoms with E-state index in [-0.39, 0.29) is 33.4 Å². The van der Waals surface area contributed by atoms with Crippen molar-refractivity contribution in [1.82, 2.24) is 14.8 Å². The third kappa shape index (κ3) is 4.37. The Hall–Kier alpha value is -2.85. The molecule has 3 aromatic rings. The van der Waals surface area contributed by atoms with E-state index in [9.17, 15) is 17.2 Å². The van der Waals surface area contributed by atoms with Crippen LogP contribution in [0.5, 0.6) is 0 Å². The third-order valence-corrected chi connectivity index (χ3v) is 6.83. The van der Waals surface area contributed by atoms with Gasteiger partial charge in [0.05, 0.1) is 23.2 Å².